The summed E-state index contributed by atoms with van der Waals surface area (Å²) in [5.74, 6) is -0.540. The molecular formula is C8H10Cl2N2O2. The van der Waals surface area contributed by atoms with Gasteiger partial charge in [-0.05, 0) is 13.8 Å². The third-order valence-corrected chi connectivity index (χ3v) is 2.28. The molecular weight excluding hydrogens is 227 g/mol. The van der Waals surface area contributed by atoms with Crippen LogP contribution in [0.3, 0.4) is 0 Å². The molecule has 0 spiro atoms. The number of hydrogen-bond donors (Lipinski definition) is 0. The first-order valence-electron chi connectivity index (χ1n) is 4.20. The fraction of sp³-hybridized carbons (Fsp3) is 0.500. The van der Waals surface area contributed by atoms with Crippen LogP contribution in [0.2, 0.25) is 10.3 Å². The largest absolute Gasteiger partial charge is 0.462 e. The minimum atomic E-state index is -0.540. The van der Waals surface area contributed by atoms with Gasteiger partial charge in [-0.2, -0.15) is 5.10 Å². The molecule has 1 rings (SSSR count). The van der Waals surface area contributed by atoms with Crippen molar-refractivity contribution >= 4 is 29.2 Å². The van der Waals surface area contributed by atoms with Crippen molar-refractivity contribution in [1.29, 1.82) is 0 Å². The van der Waals surface area contributed by atoms with Crippen molar-refractivity contribution < 1.29 is 9.53 Å². The zero-order valence-electron chi connectivity index (χ0n) is 7.88. The lowest BCUT2D eigenvalue weighted by Gasteiger charge is -2.00. The van der Waals surface area contributed by atoms with E-state index in [0.29, 0.717) is 6.54 Å². The van der Waals surface area contributed by atoms with Crippen LogP contribution in [0.25, 0.3) is 0 Å². The summed E-state index contributed by atoms with van der Waals surface area (Å²) in [5.41, 5.74) is 0.136. The van der Waals surface area contributed by atoms with Crippen molar-refractivity contribution in [1.82, 2.24) is 9.78 Å². The van der Waals surface area contributed by atoms with E-state index in [4.69, 9.17) is 27.9 Å². The number of rotatable bonds is 3. The highest BCUT2D eigenvalue weighted by Gasteiger charge is 2.21. The molecule has 4 nitrogen and oxygen atoms in total. The summed E-state index contributed by atoms with van der Waals surface area (Å²) < 4.78 is 6.23. The lowest BCUT2D eigenvalue weighted by atomic mass is 10.4. The second-order valence-electron chi connectivity index (χ2n) is 2.49. The molecule has 0 aromatic carbocycles. The van der Waals surface area contributed by atoms with Crippen LogP contribution in [-0.2, 0) is 11.3 Å². The Bertz CT molecular complexity index is 349. The molecule has 0 saturated heterocycles. The maximum Gasteiger partial charge on any atom is 0.344 e. The van der Waals surface area contributed by atoms with Crippen LogP contribution >= 0.6 is 23.2 Å². The molecule has 0 aliphatic carbocycles. The molecule has 6 heteroatoms. The van der Waals surface area contributed by atoms with E-state index in [1.807, 2.05) is 6.92 Å². The summed E-state index contributed by atoms with van der Waals surface area (Å²) in [7, 11) is 0. The Morgan fingerprint density at radius 2 is 2.14 bits per heavy atom. The molecule has 0 unspecified atom stereocenters. The van der Waals surface area contributed by atoms with Crippen LogP contribution in [0.1, 0.15) is 24.2 Å². The van der Waals surface area contributed by atoms with Crippen LogP contribution < -0.4 is 0 Å². The number of halogens is 2. The van der Waals surface area contributed by atoms with Crippen molar-refractivity contribution in [2.75, 3.05) is 6.61 Å². The van der Waals surface area contributed by atoms with Crippen molar-refractivity contribution in [2.24, 2.45) is 0 Å². The van der Waals surface area contributed by atoms with E-state index in [0.717, 1.165) is 0 Å². The summed E-state index contributed by atoms with van der Waals surface area (Å²) in [4.78, 5) is 11.4. The van der Waals surface area contributed by atoms with Gasteiger partial charge in [0.05, 0.1) is 6.61 Å². The summed E-state index contributed by atoms with van der Waals surface area (Å²) in [5, 5.41) is 4.18. The van der Waals surface area contributed by atoms with E-state index in [-0.39, 0.29) is 22.5 Å². The van der Waals surface area contributed by atoms with Crippen molar-refractivity contribution in [2.45, 2.75) is 20.4 Å². The standard InChI is InChI=1S/C8H10Cl2N2O2/c1-3-12-7(10)5(6(9)11-12)8(13)14-4-2/h3-4H2,1-2H3. The zero-order valence-corrected chi connectivity index (χ0v) is 9.39. The van der Waals surface area contributed by atoms with Crippen molar-refractivity contribution in [3.05, 3.63) is 15.9 Å². The molecule has 0 amide bonds. The Morgan fingerprint density at radius 1 is 1.50 bits per heavy atom. The number of aryl methyl sites for hydroxylation is 1. The number of nitrogens with zero attached hydrogens (tertiary/aromatic N) is 2. The maximum atomic E-state index is 11.4. The summed E-state index contributed by atoms with van der Waals surface area (Å²) in [6.45, 7) is 4.40. The van der Waals surface area contributed by atoms with Gasteiger partial charge in [0.15, 0.2) is 5.15 Å². The van der Waals surface area contributed by atoms with Gasteiger partial charge in [-0.3, -0.25) is 4.68 Å². The minimum absolute atomic E-state index is 0.0790. The highest BCUT2D eigenvalue weighted by molar-refractivity contribution is 6.38. The first-order chi connectivity index (χ1) is 6.61. The molecule has 1 heterocycles. The SMILES string of the molecule is CCOC(=O)c1c(Cl)nn(CC)c1Cl. The fourth-order valence-electron chi connectivity index (χ4n) is 0.995. The fourth-order valence-corrected chi connectivity index (χ4v) is 1.63. The van der Waals surface area contributed by atoms with E-state index in [1.165, 1.54) is 4.68 Å². The number of ether oxygens (including phenoxy) is 1. The van der Waals surface area contributed by atoms with Gasteiger partial charge in [0, 0.05) is 6.54 Å². The normalized spacial score (nSPS) is 10.3. The van der Waals surface area contributed by atoms with Gasteiger partial charge in [-0.25, -0.2) is 4.79 Å². The van der Waals surface area contributed by atoms with E-state index < -0.39 is 5.97 Å². The highest BCUT2D eigenvalue weighted by atomic mass is 35.5. The zero-order chi connectivity index (χ0) is 10.7. The molecule has 0 N–H and O–H groups in total. The Balaban J connectivity index is 3.07. The number of carbonyl (C=O) groups is 1. The van der Waals surface area contributed by atoms with Gasteiger partial charge in [-0.15, -0.1) is 0 Å². The molecule has 0 atom stereocenters. The predicted molar refractivity (Wildman–Crippen MR) is 53.9 cm³/mol. The van der Waals surface area contributed by atoms with Crippen LogP contribution in [0.15, 0.2) is 0 Å². The summed E-state index contributed by atoms with van der Waals surface area (Å²) in [6, 6.07) is 0. The van der Waals surface area contributed by atoms with Gasteiger partial charge in [0.2, 0.25) is 0 Å². The minimum Gasteiger partial charge on any atom is -0.462 e. The first-order valence-corrected chi connectivity index (χ1v) is 4.96. The molecule has 1 aromatic heterocycles. The van der Waals surface area contributed by atoms with E-state index in [9.17, 15) is 4.79 Å². The Kier molecular flexibility index (Phi) is 3.77. The molecule has 0 radical (unpaired) electrons. The van der Waals surface area contributed by atoms with Gasteiger partial charge >= 0.3 is 5.97 Å². The smallest absolute Gasteiger partial charge is 0.344 e. The van der Waals surface area contributed by atoms with Crippen LogP contribution in [0.5, 0.6) is 0 Å². The van der Waals surface area contributed by atoms with Crippen LogP contribution in [-0.4, -0.2) is 22.4 Å². The van der Waals surface area contributed by atoms with Gasteiger partial charge in [-0.1, -0.05) is 23.2 Å². The highest BCUT2D eigenvalue weighted by Crippen LogP contribution is 2.24. The van der Waals surface area contributed by atoms with Gasteiger partial charge < -0.3 is 4.74 Å². The molecule has 0 aliphatic rings. The molecule has 0 saturated carbocycles. The van der Waals surface area contributed by atoms with Crippen molar-refractivity contribution in [3.8, 4) is 0 Å². The van der Waals surface area contributed by atoms with Crippen LogP contribution in [0, 0.1) is 0 Å². The number of esters is 1. The third kappa shape index (κ3) is 2.01. The first kappa shape index (κ1) is 11.3. The van der Waals surface area contributed by atoms with Gasteiger partial charge in [0.25, 0.3) is 0 Å². The lowest BCUT2D eigenvalue weighted by molar-refractivity contribution is 0.0526. The molecule has 14 heavy (non-hydrogen) atoms. The molecule has 0 aliphatic heterocycles. The molecule has 0 bridgehead atoms. The average Bonchev–Trinajstić information content (AvgIpc) is 2.41. The van der Waals surface area contributed by atoms with Gasteiger partial charge in [0.1, 0.15) is 10.7 Å². The second-order valence-corrected chi connectivity index (χ2v) is 3.21. The van der Waals surface area contributed by atoms with Crippen LogP contribution in [0.4, 0.5) is 0 Å². The second kappa shape index (κ2) is 4.66. The molecule has 78 valence electrons. The average molecular weight is 237 g/mol. The lowest BCUT2D eigenvalue weighted by Crippen LogP contribution is -2.05. The predicted octanol–water partition coefficient (Wildman–Crippen LogP) is 2.39. The van der Waals surface area contributed by atoms with Crippen molar-refractivity contribution in [3.63, 3.8) is 0 Å². The Labute approximate surface area is 91.7 Å². The Morgan fingerprint density at radius 3 is 2.57 bits per heavy atom. The van der Waals surface area contributed by atoms with E-state index in [2.05, 4.69) is 5.10 Å². The quantitative estimate of drug-likeness (QED) is 0.758. The number of aromatic nitrogens is 2. The molecule has 1 aromatic rings. The number of hydrogen-bond acceptors (Lipinski definition) is 3. The number of carbonyl (C=O) groups excluding carboxylic acids is 1. The topological polar surface area (TPSA) is 44.1 Å². The third-order valence-electron chi connectivity index (χ3n) is 1.63. The van der Waals surface area contributed by atoms with E-state index >= 15 is 0 Å². The Hall–Kier alpha value is -0.740. The molecule has 0 fully saturated rings. The monoisotopic (exact) mass is 236 g/mol. The maximum absolute atomic E-state index is 11.4. The summed E-state index contributed by atoms with van der Waals surface area (Å²) in [6.07, 6.45) is 0. The summed E-state index contributed by atoms with van der Waals surface area (Å²) >= 11 is 11.6. The van der Waals surface area contributed by atoms with E-state index in [1.54, 1.807) is 6.92 Å².